The van der Waals surface area contributed by atoms with Crippen molar-refractivity contribution in [3.8, 4) is 5.75 Å². The normalized spacial score (nSPS) is 15.9. The Labute approximate surface area is 167 Å². The third-order valence-corrected chi connectivity index (χ3v) is 5.84. The molecule has 2 aromatic rings. The van der Waals surface area contributed by atoms with Gasteiger partial charge in [-0.15, -0.1) is 10.2 Å². The van der Waals surface area contributed by atoms with E-state index in [4.69, 9.17) is 9.47 Å². The van der Waals surface area contributed by atoms with E-state index in [1.165, 1.54) is 11.3 Å². The highest BCUT2D eigenvalue weighted by atomic mass is 32.1. The van der Waals surface area contributed by atoms with Gasteiger partial charge in [0.05, 0.1) is 7.11 Å². The van der Waals surface area contributed by atoms with E-state index in [1.54, 1.807) is 43.4 Å². The van der Waals surface area contributed by atoms with Gasteiger partial charge < -0.3 is 19.7 Å². The van der Waals surface area contributed by atoms with Crippen LogP contribution in [0.15, 0.2) is 24.3 Å². The highest BCUT2D eigenvalue weighted by molar-refractivity contribution is 7.15. The molecule has 3 rings (SSSR count). The Morgan fingerprint density at radius 3 is 2.68 bits per heavy atom. The van der Waals surface area contributed by atoms with Crippen molar-refractivity contribution in [3.63, 3.8) is 0 Å². The smallest absolute Gasteiger partial charge is 0.253 e. The number of benzene rings is 1. The Morgan fingerprint density at radius 1 is 1.25 bits per heavy atom. The molecule has 1 aliphatic rings. The Balaban J connectivity index is 1.53. The maximum atomic E-state index is 12.7. The molecule has 0 aliphatic carbocycles. The topological polar surface area (TPSA) is 93.7 Å². The van der Waals surface area contributed by atoms with Crippen LogP contribution in [-0.4, -0.2) is 54.2 Å². The van der Waals surface area contributed by atoms with E-state index < -0.39 is 0 Å². The van der Waals surface area contributed by atoms with Crippen molar-refractivity contribution in [2.45, 2.75) is 25.9 Å². The van der Waals surface area contributed by atoms with Crippen LogP contribution in [0.5, 0.6) is 5.75 Å². The first-order valence-electron chi connectivity index (χ1n) is 9.12. The van der Waals surface area contributed by atoms with Crippen molar-refractivity contribution in [1.82, 2.24) is 15.1 Å². The molecule has 28 heavy (non-hydrogen) atoms. The van der Waals surface area contributed by atoms with E-state index in [2.05, 4.69) is 15.5 Å². The number of ether oxygens (including phenoxy) is 2. The van der Waals surface area contributed by atoms with Crippen molar-refractivity contribution in [3.05, 3.63) is 34.8 Å². The zero-order chi connectivity index (χ0) is 20.1. The number of nitrogens with one attached hydrogen (secondary N) is 1. The Hall–Kier alpha value is -2.52. The van der Waals surface area contributed by atoms with Gasteiger partial charge in [0.15, 0.2) is 0 Å². The SMILES string of the molecule is COc1cccc(C(=O)N2CCC(C(=O)Nc3nnc(C(C)OC)s3)CC2)c1. The third-order valence-electron chi connectivity index (χ3n) is 4.84. The number of nitrogens with zero attached hydrogens (tertiary/aromatic N) is 3. The maximum absolute atomic E-state index is 12.7. The van der Waals surface area contributed by atoms with Crippen LogP contribution in [0.3, 0.4) is 0 Å². The molecule has 1 aromatic carbocycles. The van der Waals surface area contributed by atoms with Crippen LogP contribution in [-0.2, 0) is 9.53 Å². The Morgan fingerprint density at radius 2 is 2.00 bits per heavy atom. The van der Waals surface area contributed by atoms with E-state index in [-0.39, 0.29) is 23.8 Å². The van der Waals surface area contributed by atoms with Gasteiger partial charge in [0.2, 0.25) is 11.0 Å². The lowest BCUT2D eigenvalue weighted by Gasteiger charge is -2.31. The summed E-state index contributed by atoms with van der Waals surface area (Å²) in [6.07, 6.45) is 1.07. The summed E-state index contributed by atoms with van der Waals surface area (Å²) in [6, 6.07) is 7.11. The molecular formula is C19H24N4O4S. The average molecular weight is 404 g/mol. The third kappa shape index (κ3) is 4.66. The molecule has 0 radical (unpaired) electrons. The van der Waals surface area contributed by atoms with E-state index in [0.29, 0.717) is 42.4 Å². The van der Waals surface area contributed by atoms with E-state index in [0.717, 1.165) is 5.01 Å². The van der Waals surface area contributed by atoms with Crippen LogP contribution in [0.4, 0.5) is 5.13 Å². The summed E-state index contributed by atoms with van der Waals surface area (Å²) in [6.45, 7) is 2.95. The molecule has 0 spiro atoms. The summed E-state index contributed by atoms with van der Waals surface area (Å²) in [4.78, 5) is 27.0. The van der Waals surface area contributed by atoms with Crippen molar-refractivity contribution < 1.29 is 19.1 Å². The summed E-state index contributed by atoms with van der Waals surface area (Å²) in [5.41, 5.74) is 0.593. The molecule has 1 atom stereocenters. The van der Waals surface area contributed by atoms with Gasteiger partial charge in [0.1, 0.15) is 16.9 Å². The first-order valence-corrected chi connectivity index (χ1v) is 9.94. The highest BCUT2D eigenvalue weighted by Gasteiger charge is 2.28. The number of carbonyl (C=O) groups excluding carboxylic acids is 2. The minimum atomic E-state index is -0.158. The van der Waals surface area contributed by atoms with Crippen LogP contribution < -0.4 is 10.1 Å². The van der Waals surface area contributed by atoms with E-state index in [1.807, 2.05) is 6.92 Å². The molecule has 1 fully saturated rings. The molecule has 2 amide bonds. The average Bonchev–Trinajstić information content (AvgIpc) is 3.21. The molecule has 1 aliphatic heterocycles. The van der Waals surface area contributed by atoms with Crippen LogP contribution in [0, 0.1) is 5.92 Å². The Kier molecular flexibility index (Phi) is 6.58. The number of rotatable bonds is 6. The number of methoxy groups -OCH3 is 2. The molecule has 2 heterocycles. The first kappa shape index (κ1) is 20.2. The summed E-state index contributed by atoms with van der Waals surface area (Å²) in [5, 5.41) is 12.1. The quantitative estimate of drug-likeness (QED) is 0.796. The monoisotopic (exact) mass is 404 g/mol. The van der Waals surface area contributed by atoms with Crippen LogP contribution in [0.25, 0.3) is 0 Å². The Bertz CT molecular complexity index is 833. The lowest BCUT2D eigenvalue weighted by atomic mass is 9.95. The zero-order valence-corrected chi connectivity index (χ0v) is 17.0. The van der Waals surface area contributed by atoms with Gasteiger partial charge in [0, 0.05) is 31.7 Å². The molecule has 9 heteroatoms. The van der Waals surface area contributed by atoms with Gasteiger partial charge in [-0.3, -0.25) is 9.59 Å². The van der Waals surface area contributed by atoms with Gasteiger partial charge in [-0.1, -0.05) is 17.4 Å². The largest absolute Gasteiger partial charge is 0.497 e. The minimum Gasteiger partial charge on any atom is -0.497 e. The highest BCUT2D eigenvalue weighted by Crippen LogP contribution is 2.26. The van der Waals surface area contributed by atoms with Crippen LogP contribution >= 0.6 is 11.3 Å². The second-order valence-electron chi connectivity index (χ2n) is 6.61. The minimum absolute atomic E-state index is 0.0416. The number of likely N-dealkylation sites (tertiary alicyclic amines) is 1. The number of carbonyl (C=O) groups is 2. The van der Waals surface area contributed by atoms with E-state index in [9.17, 15) is 9.59 Å². The number of hydrogen-bond donors (Lipinski definition) is 1. The van der Waals surface area contributed by atoms with Crippen molar-refractivity contribution in [2.24, 2.45) is 5.92 Å². The fourth-order valence-corrected chi connectivity index (χ4v) is 3.82. The molecular weight excluding hydrogens is 380 g/mol. The second kappa shape index (κ2) is 9.11. The number of piperidine rings is 1. The first-order chi connectivity index (χ1) is 13.5. The van der Waals surface area contributed by atoms with Crippen molar-refractivity contribution in [1.29, 1.82) is 0 Å². The number of anilines is 1. The molecule has 8 nitrogen and oxygen atoms in total. The molecule has 1 unspecified atom stereocenters. The van der Waals surface area contributed by atoms with Gasteiger partial charge in [-0.05, 0) is 38.0 Å². The number of amides is 2. The molecule has 1 saturated heterocycles. The van der Waals surface area contributed by atoms with Gasteiger partial charge >= 0.3 is 0 Å². The number of aromatic nitrogens is 2. The van der Waals surface area contributed by atoms with Crippen molar-refractivity contribution in [2.75, 3.05) is 32.6 Å². The molecule has 1 N–H and O–H groups in total. The summed E-state index contributed by atoms with van der Waals surface area (Å²) in [5.74, 6) is 0.377. The van der Waals surface area contributed by atoms with Gasteiger partial charge in [-0.2, -0.15) is 0 Å². The molecule has 1 aromatic heterocycles. The summed E-state index contributed by atoms with van der Waals surface area (Å²) < 4.78 is 10.4. The maximum Gasteiger partial charge on any atom is 0.253 e. The number of hydrogen-bond acceptors (Lipinski definition) is 7. The van der Waals surface area contributed by atoms with E-state index >= 15 is 0 Å². The lowest BCUT2D eigenvalue weighted by molar-refractivity contribution is -0.121. The summed E-state index contributed by atoms with van der Waals surface area (Å²) >= 11 is 1.31. The molecule has 150 valence electrons. The fourth-order valence-electron chi connectivity index (χ4n) is 3.04. The lowest BCUT2D eigenvalue weighted by Crippen LogP contribution is -2.41. The second-order valence-corrected chi connectivity index (χ2v) is 7.62. The predicted octanol–water partition coefficient (Wildman–Crippen LogP) is 2.75. The predicted molar refractivity (Wildman–Crippen MR) is 106 cm³/mol. The zero-order valence-electron chi connectivity index (χ0n) is 16.2. The fraction of sp³-hybridized carbons (Fsp3) is 0.474. The van der Waals surface area contributed by atoms with Gasteiger partial charge in [-0.25, -0.2) is 0 Å². The van der Waals surface area contributed by atoms with Crippen LogP contribution in [0.2, 0.25) is 0 Å². The molecule has 0 saturated carbocycles. The van der Waals surface area contributed by atoms with Crippen LogP contribution in [0.1, 0.15) is 41.2 Å². The molecule has 0 bridgehead atoms. The summed E-state index contributed by atoms with van der Waals surface area (Å²) in [7, 11) is 3.18. The van der Waals surface area contributed by atoms with Crippen molar-refractivity contribution >= 4 is 28.3 Å². The van der Waals surface area contributed by atoms with Gasteiger partial charge in [0.25, 0.3) is 5.91 Å². The standard InChI is InChI=1S/C19H24N4O4S/c1-12(26-2)17-21-22-19(28-17)20-16(24)13-7-9-23(10-8-13)18(25)14-5-4-6-15(11-14)27-3/h4-6,11-13H,7-10H2,1-3H3,(H,20,22,24).